The SMILES string of the molecule is CCOC(=O)/C=C/c1ccc(NC(=O)CCn2cc([N+](=O)[O-])cn2)cc1. The predicted molar refractivity (Wildman–Crippen MR) is 94.2 cm³/mol. The van der Waals surface area contributed by atoms with Crippen molar-refractivity contribution in [2.45, 2.75) is 19.9 Å². The lowest BCUT2D eigenvalue weighted by atomic mass is 10.2. The average molecular weight is 358 g/mol. The van der Waals surface area contributed by atoms with Gasteiger partial charge in [-0.2, -0.15) is 5.10 Å². The summed E-state index contributed by atoms with van der Waals surface area (Å²) < 4.78 is 6.14. The molecule has 0 bridgehead atoms. The highest BCUT2D eigenvalue weighted by Gasteiger charge is 2.10. The number of esters is 1. The minimum Gasteiger partial charge on any atom is -0.463 e. The van der Waals surface area contributed by atoms with Crippen molar-refractivity contribution >= 4 is 29.3 Å². The fraction of sp³-hybridized carbons (Fsp3) is 0.235. The molecule has 136 valence electrons. The Morgan fingerprint density at radius 1 is 1.35 bits per heavy atom. The number of carbonyl (C=O) groups excluding carboxylic acids is 2. The number of benzene rings is 1. The molecule has 9 heteroatoms. The second-order valence-electron chi connectivity index (χ2n) is 5.22. The van der Waals surface area contributed by atoms with Crippen molar-refractivity contribution in [2.24, 2.45) is 0 Å². The van der Waals surface area contributed by atoms with Crippen LogP contribution in [0.5, 0.6) is 0 Å². The van der Waals surface area contributed by atoms with Crippen LogP contribution in [-0.4, -0.2) is 33.2 Å². The van der Waals surface area contributed by atoms with E-state index in [1.165, 1.54) is 17.0 Å². The van der Waals surface area contributed by atoms with Gasteiger partial charge in [-0.1, -0.05) is 12.1 Å². The number of hydrogen-bond donors (Lipinski definition) is 1. The molecular weight excluding hydrogens is 340 g/mol. The molecule has 26 heavy (non-hydrogen) atoms. The van der Waals surface area contributed by atoms with Crippen molar-refractivity contribution in [1.29, 1.82) is 0 Å². The quantitative estimate of drug-likeness (QED) is 0.335. The maximum atomic E-state index is 11.9. The van der Waals surface area contributed by atoms with Gasteiger partial charge in [-0.3, -0.25) is 19.6 Å². The molecule has 1 N–H and O–H groups in total. The van der Waals surface area contributed by atoms with Crippen molar-refractivity contribution in [3.05, 3.63) is 58.4 Å². The maximum absolute atomic E-state index is 11.9. The molecule has 0 aliphatic heterocycles. The molecule has 9 nitrogen and oxygen atoms in total. The average Bonchev–Trinajstić information content (AvgIpc) is 3.09. The van der Waals surface area contributed by atoms with Gasteiger partial charge in [-0.05, 0) is 30.7 Å². The highest BCUT2D eigenvalue weighted by molar-refractivity contribution is 5.91. The third-order valence-corrected chi connectivity index (χ3v) is 3.29. The van der Waals surface area contributed by atoms with E-state index < -0.39 is 10.9 Å². The second-order valence-corrected chi connectivity index (χ2v) is 5.22. The molecule has 2 rings (SSSR count). The number of amides is 1. The first kappa shape index (κ1) is 18.8. The van der Waals surface area contributed by atoms with E-state index in [2.05, 4.69) is 10.4 Å². The standard InChI is InChI=1S/C17H18N4O5/c1-2-26-17(23)8-5-13-3-6-14(7-4-13)19-16(22)9-10-20-12-15(11-18-20)21(24)25/h3-8,11-12H,2,9-10H2,1H3,(H,19,22)/b8-5+. The zero-order valence-electron chi connectivity index (χ0n) is 14.1. The summed E-state index contributed by atoms with van der Waals surface area (Å²) in [5, 5.41) is 17.1. The van der Waals surface area contributed by atoms with Gasteiger partial charge in [-0.15, -0.1) is 0 Å². The van der Waals surface area contributed by atoms with E-state index in [4.69, 9.17) is 4.74 Å². The van der Waals surface area contributed by atoms with Gasteiger partial charge in [0.05, 0.1) is 11.5 Å². The monoisotopic (exact) mass is 358 g/mol. The smallest absolute Gasteiger partial charge is 0.330 e. The molecule has 0 atom stereocenters. The van der Waals surface area contributed by atoms with E-state index in [1.54, 1.807) is 37.3 Å². The van der Waals surface area contributed by atoms with Crippen LogP contribution in [0.15, 0.2) is 42.7 Å². The van der Waals surface area contributed by atoms with Gasteiger partial charge >= 0.3 is 11.7 Å². The fourth-order valence-corrected chi connectivity index (χ4v) is 2.04. The number of hydrogen-bond acceptors (Lipinski definition) is 6. The summed E-state index contributed by atoms with van der Waals surface area (Å²) in [7, 11) is 0. The molecule has 1 heterocycles. The third kappa shape index (κ3) is 5.86. The van der Waals surface area contributed by atoms with E-state index in [-0.39, 0.29) is 24.6 Å². The van der Waals surface area contributed by atoms with Gasteiger partial charge < -0.3 is 10.1 Å². The Hall–Kier alpha value is -3.49. The zero-order valence-corrected chi connectivity index (χ0v) is 14.1. The number of aromatic nitrogens is 2. The Labute approximate surface area is 149 Å². The van der Waals surface area contributed by atoms with E-state index in [0.29, 0.717) is 12.3 Å². The number of ether oxygens (including phenoxy) is 1. The summed E-state index contributed by atoms with van der Waals surface area (Å²) >= 11 is 0. The van der Waals surface area contributed by atoms with Crippen LogP contribution >= 0.6 is 0 Å². The summed E-state index contributed by atoms with van der Waals surface area (Å²) in [5.74, 6) is -0.651. The van der Waals surface area contributed by atoms with Gasteiger partial charge in [0.1, 0.15) is 12.4 Å². The molecule has 0 spiro atoms. The number of rotatable bonds is 8. The first-order valence-corrected chi connectivity index (χ1v) is 7.89. The lowest BCUT2D eigenvalue weighted by Gasteiger charge is -2.05. The highest BCUT2D eigenvalue weighted by atomic mass is 16.6. The molecular formula is C17H18N4O5. The van der Waals surface area contributed by atoms with Crippen LogP contribution in [0.4, 0.5) is 11.4 Å². The Morgan fingerprint density at radius 2 is 2.08 bits per heavy atom. The molecule has 0 radical (unpaired) electrons. The number of aryl methyl sites for hydroxylation is 1. The number of nitrogens with one attached hydrogen (secondary N) is 1. The molecule has 0 saturated carbocycles. The zero-order chi connectivity index (χ0) is 18.9. The highest BCUT2D eigenvalue weighted by Crippen LogP contribution is 2.12. The Kier molecular flexibility index (Phi) is 6.60. The van der Waals surface area contributed by atoms with Gasteiger partial charge in [0, 0.05) is 24.7 Å². The van der Waals surface area contributed by atoms with Crippen LogP contribution in [-0.2, 0) is 20.9 Å². The summed E-state index contributed by atoms with van der Waals surface area (Å²) in [6, 6.07) is 6.92. The van der Waals surface area contributed by atoms with Gasteiger partial charge in [0.25, 0.3) is 0 Å². The number of nitro groups is 1. The van der Waals surface area contributed by atoms with Crippen molar-refractivity contribution in [3.8, 4) is 0 Å². The molecule has 1 aromatic carbocycles. The van der Waals surface area contributed by atoms with Crippen LogP contribution < -0.4 is 5.32 Å². The topological polar surface area (TPSA) is 116 Å². The first-order valence-electron chi connectivity index (χ1n) is 7.89. The minimum atomic E-state index is -0.540. The molecule has 0 unspecified atom stereocenters. The lowest BCUT2D eigenvalue weighted by Crippen LogP contribution is -2.14. The predicted octanol–water partition coefficient (Wildman–Crippen LogP) is 2.40. The van der Waals surface area contributed by atoms with Crippen LogP contribution in [0.1, 0.15) is 18.9 Å². The van der Waals surface area contributed by atoms with Crippen molar-refractivity contribution < 1.29 is 19.2 Å². The van der Waals surface area contributed by atoms with Gasteiger partial charge in [0.15, 0.2) is 0 Å². The lowest BCUT2D eigenvalue weighted by molar-refractivity contribution is -0.385. The normalized spacial score (nSPS) is 10.7. The molecule has 1 amide bonds. The third-order valence-electron chi connectivity index (χ3n) is 3.29. The molecule has 0 fully saturated rings. The van der Waals surface area contributed by atoms with E-state index in [9.17, 15) is 19.7 Å². The minimum absolute atomic E-state index is 0.114. The number of nitrogens with zero attached hydrogens (tertiary/aromatic N) is 3. The van der Waals surface area contributed by atoms with Crippen molar-refractivity contribution in [2.75, 3.05) is 11.9 Å². The largest absolute Gasteiger partial charge is 0.463 e. The van der Waals surface area contributed by atoms with Crippen LogP contribution in [0.2, 0.25) is 0 Å². The summed E-state index contributed by atoms with van der Waals surface area (Å²) in [6.45, 7) is 2.29. The molecule has 0 saturated heterocycles. The Bertz CT molecular complexity index is 811. The van der Waals surface area contributed by atoms with E-state index in [0.717, 1.165) is 11.8 Å². The van der Waals surface area contributed by atoms with E-state index in [1.807, 2.05) is 0 Å². The maximum Gasteiger partial charge on any atom is 0.330 e. The molecule has 0 aliphatic carbocycles. The molecule has 2 aromatic rings. The van der Waals surface area contributed by atoms with Crippen LogP contribution in [0.25, 0.3) is 6.08 Å². The molecule has 0 aliphatic rings. The Morgan fingerprint density at radius 3 is 2.69 bits per heavy atom. The fourth-order valence-electron chi connectivity index (χ4n) is 2.04. The van der Waals surface area contributed by atoms with Crippen molar-refractivity contribution in [1.82, 2.24) is 9.78 Å². The number of anilines is 1. The molecule has 1 aromatic heterocycles. The summed E-state index contributed by atoms with van der Waals surface area (Å²) in [4.78, 5) is 33.2. The van der Waals surface area contributed by atoms with Crippen LogP contribution in [0, 0.1) is 10.1 Å². The second kappa shape index (κ2) is 9.11. The van der Waals surface area contributed by atoms with Crippen LogP contribution in [0.3, 0.4) is 0 Å². The summed E-state index contributed by atoms with van der Waals surface area (Å²) in [5.41, 5.74) is 1.28. The summed E-state index contributed by atoms with van der Waals surface area (Å²) in [6.07, 6.45) is 5.50. The van der Waals surface area contributed by atoms with Gasteiger partial charge in [0.2, 0.25) is 5.91 Å². The van der Waals surface area contributed by atoms with Gasteiger partial charge in [-0.25, -0.2) is 4.79 Å². The van der Waals surface area contributed by atoms with Crippen molar-refractivity contribution in [3.63, 3.8) is 0 Å². The first-order chi connectivity index (χ1) is 12.5. The number of carbonyl (C=O) groups is 2. The van der Waals surface area contributed by atoms with E-state index >= 15 is 0 Å². The Balaban J connectivity index is 1.83.